The summed E-state index contributed by atoms with van der Waals surface area (Å²) in [4.78, 5) is 31.9. The Labute approximate surface area is 211 Å². The van der Waals surface area contributed by atoms with E-state index >= 15 is 0 Å². The number of anilines is 1. The Bertz CT molecular complexity index is 1160. The SMILES string of the molecule is COc1cc(C(=O)N2CCC(C(=O)Nc3ccc(C)cn3)CC2)cc(OC)c1OCc1ccccc1. The lowest BCUT2D eigenvalue weighted by Gasteiger charge is -2.31. The van der Waals surface area contributed by atoms with Gasteiger partial charge in [-0.25, -0.2) is 4.98 Å². The monoisotopic (exact) mass is 489 g/mol. The Balaban J connectivity index is 1.40. The molecule has 2 heterocycles. The highest BCUT2D eigenvalue weighted by molar-refractivity contribution is 5.96. The molecule has 8 nitrogen and oxygen atoms in total. The number of hydrogen-bond acceptors (Lipinski definition) is 6. The van der Waals surface area contributed by atoms with Crippen LogP contribution in [0.1, 0.15) is 34.3 Å². The van der Waals surface area contributed by atoms with E-state index in [1.54, 1.807) is 29.3 Å². The lowest BCUT2D eigenvalue weighted by molar-refractivity contribution is -0.121. The first kappa shape index (κ1) is 25.0. The van der Waals surface area contributed by atoms with Crippen LogP contribution in [-0.4, -0.2) is 49.0 Å². The fraction of sp³-hybridized carbons (Fsp3) is 0.321. The van der Waals surface area contributed by atoms with Gasteiger partial charge in [-0.3, -0.25) is 9.59 Å². The number of carbonyl (C=O) groups excluding carboxylic acids is 2. The second-order valence-electron chi connectivity index (χ2n) is 8.76. The highest BCUT2D eigenvalue weighted by Gasteiger charge is 2.29. The normalized spacial score (nSPS) is 13.7. The number of likely N-dealkylation sites (tertiary alicyclic amines) is 1. The van der Waals surface area contributed by atoms with Crippen LogP contribution in [0.5, 0.6) is 17.2 Å². The molecular weight excluding hydrogens is 458 g/mol. The van der Waals surface area contributed by atoms with Crippen molar-refractivity contribution in [2.45, 2.75) is 26.4 Å². The number of pyridine rings is 1. The van der Waals surface area contributed by atoms with E-state index in [-0.39, 0.29) is 17.7 Å². The maximum atomic E-state index is 13.3. The zero-order chi connectivity index (χ0) is 25.5. The van der Waals surface area contributed by atoms with Crippen molar-refractivity contribution < 1.29 is 23.8 Å². The van der Waals surface area contributed by atoms with Crippen LogP contribution in [0.3, 0.4) is 0 Å². The van der Waals surface area contributed by atoms with Crippen LogP contribution in [0.25, 0.3) is 0 Å². The molecule has 2 amide bonds. The van der Waals surface area contributed by atoms with Crippen LogP contribution in [-0.2, 0) is 11.4 Å². The average Bonchev–Trinajstić information content (AvgIpc) is 2.92. The quantitative estimate of drug-likeness (QED) is 0.502. The molecule has 0 bridgehead atoms. The predicted molar refractivity (Wildman–Crippen MR) is 137 cm³/mol. The van der Waals surface area contributed by atoms with Crippen molar-refractivity contribution in [3.05, 3.63) is 77.5 Å². The number of amides is 2. The van der Waals surface area contributed by atoms with E-state index in [0.717, 1.165) is 11.1 Å². The number of hydrogen-bond donors (Lipinski definition) is 1. The summed E-state index contributed by atoms with van der Waals surface area (Å²) in [6.45, 7) is 3.25. The fourth-order valence-corrected chi connectivity index (χ4v) is 4.17. The van der Waals surface area contributed by atoms with Gasteiger partial charge in [-0.15, -0.1) is 0 Å². The summed E-state index contributed by atoms with van der Waals surface area (Å²) >= 11 is 0. The van der Waals surface area contributed by atoms with Gasteiger partial charge in [0.15, 0.2) is 11.5 Å². The molecule has 0 saturated carbocycles. The Morgan fingerprint density at radius 2 is 1.67 bits per heavy atom. The summed E-state index contributed by atoms with van der Waals surface area (Å²) in [5.74, 6) is 1.46. The average molecular weight is 490 g/mol. The Kier molecular flexibility index (Phi) is 8.05. The van der Waals surface area contributed by atoms with Crippen molar-refractivity contribution in [1.82, 2.24) is 9.88 Å². The fourth-order valence-electron chi connectivity index (χ4n) is 4.17. The maximum Gasteiger partial charge on any atom is 0.254 e. The molecule has 1 aliphatic heterocycles. The van der Waals surface area contributed by atoms with Gasteiger partial charge in [-0.1, -0.05) is 36.4 Å². The van der Waals surface area contributed by atoms with Crippen molar-refractivity contribution in [3.63, 3.8) is 0 Å². The molecule has 2 aromatic carbocycles. The molecule has 1 saturated heterocycles. The van der Waals surface area contributed by atoms with Crippen LogP contribution in [0, 0.1) is 12.8 Å². The van der Waals surface area contributed by atoms with Crippen LogP contribution < -0.4 is 19.5 Å². The van der Waals surface area contributed by atoms with E-state index in [1.807, 2.05) is 43.3 Å². The van der Waals surface area contributed by atoms with Gasteiger partial charge >= 0.3 is 0 Å². The molecule has 4 rings (SSSR count). The summed E-state index contributed by atoms with van der Waals surface area (Å²) in [7, 11) is 3.07. The first-order valence-corrected chi connectivity index (χ1v) is 11.9. The van der Waals surface area contributed by atoms with E-state index in [0.29, 0.717) is 61.2 Å². The number of aromatic nitrogens is 1. The van der Waals surface area contributed by atoms with Crippen LogP contribution in [0.2, 0.25) is 0 Å². The zero-order valence-corrected chi connectivity index (χ0v) is 20.8. The highest BCUT2D eigenvalue weighted by atomic mass is 16.5. The van der Waals surface area contributed by atoms with Crippen molar-refractivity contribution >= 4 is 17.6 Å². The Morgan fingerprint density at radius 1 is 1.00 bits per heavy atom. The second kappa shape index (κ2) is 11.6. The maximum absolute atomic E-state index is 13.3. The molecule has 1 aromatic heterocycles. The molecular formula is C28H31N3O5. The van der Waals surface area contributed by atoms with Gasteiger partial charge in [0.05, 0.1) is 14.2 Å². The van der Waals surface area contributed by atoms with Gasteiger partial charge in [0, 0.05) is 30.8 Å². The van der Waals surface area contributed by atoms with E-state index in [9.17, 15) is 9.59 Å². The number of nitrogens with zero attached hydrogens (tertiary/aromatic N) is 2. The van der Waals surface area contributed by atoms with Crippen molar-refractivity contribution in [3.8, 4) is 17.2 Å². The standard InChI is InChI=1S/C28H31N3O5/c1-19-9-10-25(29-17-19)30-27(32)21-11-13-31(14-12-21)28(33)22-15-23(34-2)26(24(16-22)35-3)36-18-20-7-5-4-6-8-20/h4-10,15-17,21H,11-14,18H2,1-3H3,(H,29,30,32). The molecule has 1 fully saturated rings. The zero-order valence-electron chi connectivity index (χ0n) is 20.8. The lowest BCUT2D eigenvalue weighted by Crippen LogP contribution is -2.41. The third-order valence-corrected chi connectivity index (χ3v) is 6.25. The minimum atomic E-state index is -0.171. The first-order chi connectivity index (χ1) is 17.5. The number of rotatable bonds is 8. The highest BCUT2D eigenvalue weighted by Crippen LogP contribution is 2.39. The predicted octanol–water partition coefficient (Wildman–Crippen LogP) is 4.48. The molecule has 0 spiro atoms. The van der Waals surface area contributed by atoms with Gasteiger partial charge in [-0.2, -0.15) is 0 Å². The second-order valence-corrected chi connectivity index (χ2v) is 8.76. The molecule has 0 atom stereocenters. The van der Waals surface area contributed by atoms with Crippen molar-refractivity contribution in [2.75, 3.05) is 32.6 Å². The third kappa shape index (κ3) is 5.94. The van der Waals surface area contributed by atoms with Gasteiger partial charge in [0.25, 0.3) is 5.91 Å². The summed E-state index contributed by atoms with van der Waals surface area (Å²) in [5.41, 5.74) is 2.48. The number of nitrogens with one attached hydrogen (secondary N) is 1. The molecule has 1 aliphatic rings. The van der Waals surface area contributed by atoms with E-state index in [1.165, 1.54) is 14.2 Å². The first-order valence-electron chi connectivity index (χ1n) is 11.9. The summed E-state index contributed by atoms with van der Waals surface area (Å²) in [5, 5.41) is 2.87. The van der Waals surface area contributed by atoms with Gasteiger partial charge < -0.3 is 24.4 Å². The largest absolute Gasteiger partial charge is 0.493 e. The van der Waals surface area contributed by atoms with Crippen molar-refractivity contribution in [2.24, 2.45) is 5.92 Å². The summed E-state index contributed by atoms with van der Waals surface area (Å²) < 4.78 is 17.1. The molecule has 188 valence electrons. The number of methoxy groups -OCH3 is 2. The van der Waals surface area contributed by atoms with Crippen molar-refractivity contribution in [1.29, 1.82) is 0 Å². The van der Waals surface area contributed by atoms with E-state index < -0.39 is 0 Å². The summed E-state index contributed by atoms with van der Waals surface area (Å²) in [6.07, 6.45) is 2.88. The number of carbonyl (C=O) groups is 2. The van der Waals surface area contributed by atoms with Crippen LogP contribution in [0.15, 0.2) is 60.8 Å². The molecule has 3 aromatic rings. The number of benzene rings is 2. The molecule has 0 radical (unpaired) electrons. The third-order valence-electron chi connectivity index (χ3n) is 6.25. The Morgan fingerprint density at radius 3 is 2.25 bits per heavy atom. The Hall–Kier alpha value is -4.07. The minimum Gasteiger partial charge on any atom is -0.493 e. The topological polar surface area (TPSA) is 90.0 Å². The number of ether oxygens (including phenoxy) is 3. The molecule has 0 aliphatic carbocycles. The van der Waals surface area contributed by atoms with E-state index in [4.69, 9.17) is 14.2 Å². The van der Waals surface area contributed by atoms with Crippen LogP contribution >= 0.6 is 0 Å². The lowest BCUT2D eigenvalue weighted by atomic mass is 9.95. The van der Waals surface area contributed by atoms with Crippen LogP contribution in [0.4, 0.5) is 5.82 Å². The van der Waals surface area contributed by atoms with Gasteiger partial charge in [-0.05, 0) is 49.1 Å². The molecule has 36 heavy (non-hydrogen) atoms. The van der Waals surface area contributed by atoms with Gasteiger partial charge in [0.2, 0.25) is 11.7 Å². The number of aryl methyl sites for hydroxylation is 1. The smallest absolute Gasteiger partial charge is 0.254 e. The molecule has 0 unspecified atom stereocenters. The minimum absolute atomic E-state index is 0.0679. The molecule has 8 heteroatoms. The summed E-state index contributed by atoms with van der Waals surface area (Å²) in [6, 6.07) is 16.8. The number of piperidine rings is 1. The molecule has 1 N–H and O–H groups in total. The van der Waals surface area contributed by atoms with E-state index in [2.05, 4.69) is 10.3 Å². The van der Waals surface area contributed by atoms with Gasteiger partial charge in [0.1, 0.15) is 12.4 Å².